The smallest absolute Gasteiger partial charge is 0.109 e. The maximum atomic E-state index is 9.22. The van der Waals surface area contributed by atoms with Crippen LogP contribution < -0.4 is 0 Å². The summed E-state index contributed by atoms with van der Waals surface area (Å²) < 4.78 is 2.24. The van der Waals surface area contributed by atoms with Gasteiger partial charge in [0.15, 0.2) is 0 Å². The molecule has 3 heteroatoms. The quantitative estimate of drug-likeness (QED) is 0.894. The molecule has 3 nitrogen and oxygen atoms in total. The Morgan fingerprint density at radius 3 is 2.89 bits per heavy atom. The summed E-state index contributed by atoms with van der Waals surface area (Å²) in [6.07, 6.45) is 5.02. The Kier molecular flexibility index (Phi) is 3.15. The second-order valence-electron chi connectivity index (χ2n) is 5.05. The molecule has 0 bridgehead atoms. The van der Waals surface area contributed by atoms with Gasteiger partial charge in [-0.2, -0.15) is 0 Å². The van der Waals surface area contributed by atoms with Gasteiger partial charge < -0.3 is 9.67 Å². The Morgan fingerprint density at radius 2 is 2.11 bits per heavy atom. The predicted molar refractivity (Wildman–Crippen MR) is 70.4 cm³/mol. The minimum atomic E-state index is 0.279. The first kappa shape index (κ1) is 11.5. The predicted octanol–water partition coefficient (Wildman–Crippen LogP) is 2.03. The van der Waals surface area contributed by atoms with Gasteiger partial charge in [0.05, 0.1) is 5.69 Å². The molecule has 0 amide bonds. The molecule has 2 heterocycles. The highest BCUT2D eigenvalue weighted by Gasteiger charge is 2.19. The summed E-state index contributed by atoms with van der Waals surface area (Å²) in [7, 11) is 0. The van der Waals surface area contributed by atoms with Crippen molar-refractivity contribution in [2.75, 3.05) is 6.61 Å². The van der Waals surface area contributed by atoms with E-state index in [9.17, 15) is 5.11 Å². The summed E-state index contributed by atoms with van der Waals surface area (Å²) in [6.45, 7) is 1.27. The topological polar surface area (TPSA) is 38.0 Å². The molecule has 1 aromatic heterocycles. The van der Waals surface area contributed by atoms with Crippen LogP contribution in [-0.4, -0.2) is 21.3 Å². The number of rotatable bonds is 3. The number of aliphatic hydroxyl groups is 1. The average molecular weight is 242 g/mol. The normalized spacial score (nSPS) is 18.6. The highest BCUT2D eigenvalue weighted by molar-refractivity contribution is 5.21. The van der Waals surface area contributed by atoms with E-state index in [0.29, 0.717) is 5.92 Å². The maximum absolute atomic E-state index is 9.22. The van der Waals surface area contributed by atoms with Crippen molar-refractivity contribution in [1.82, 2.24) is 9.55 Å². The lowest BCUT2D eigenvalue weighted by Crippen LogP contribution is -2.21. The van der Waals surface area contributed by atoms with Crippen LogP contribution in [0.3, 0.4) is 0 Å². The summed E-state index contributed by atoms with van der Waals surface area (Å²) >= 11 is 0. The van der Waals surface area contributed by atoms with E-state index < -0.39 is 0 Å². The van der Waals surface area contributed by atoms with Crippen molar-refractivity contribution in [1.29, 1.82) is 0 Å². The van der Waals surface area contributed by atoms with E-state index in [1.165, 1.54) is 5.56 Å². The molecule has 1 unspecified atom stereocenters. The lowest BCUT2D eigenvalue weighted by Gasteiger charge is -2.20. The fraction of sp³-hybridized carbons (Fsp3) is 0.400. The molecule has 1 N–H and O–H groups in total. The van der Waals surface area contributed by atoms with Crippen molar-refractivity contribution < 1.29 is 5.11 Å². The van der Waals surface area contributed by atoms with Gasteiger partial charge in [0.1, 0.15) is 5.82 Å². The van der Waals surface area contributed by atoms with Crippen molar-refractivity contribution in [2.45, 2.75) is 25.8 Å². The second-order valence-corrected chi connectivity index (χ2v) is 5.05. The first-order chi connectivity index (χ1) is 8.85. The van der Waals surface area contributed by atoms with Gasteiger partial charge in [-0.15, -0.1) is 0 Å². The molecule has 0 spiro atoms. The highest BCUT2D eigenvalue weighted by Crippen LogP contribution is 2.20. The number of aromatic nitrogens is 2. The number of nitrogens with zero attached hydrogens (tertiary/aromatic N) is 2. The molecule has 3 rings (SSSR count). The fourth-order valence-electron chi connectivity index (χ4n) is 2.60. The Balaban J connectivity index is 1.78. The van der Waals surface area contributed by atoms with Gasteiger partial charge in [0.2, 0.25) is 0 Å². The van der Waals surface area contributed by atoms with Crippen LogP contribution in [0.25, 0.3) is 0 Å². The van der Waals surface area contributed by atoms with Crippen LogP contribution in [0.15, 0.2) is 36.5 Å². The summed E-state index contributed by atoms with van der Waals surface area (Å²) in [6, 6.07) is 10.4. The Labute approximate surface area is 107 Å². The molecule has 94 valence electrons. The summed E-state index contributed by atoms with van der Waals surface area (Å²) in [5.41, 5.74) is 2.43. The van der Waals surface area contributed by atoms with E-state index in [2.05, 4.69) is 35.0 Å². The SMILES string of the molecule is OCC1CCn2cc(Cc3ccccc3)nc2C1. The zero-order valence-corrected chi connectivity index (χ0v) is 10.4. The van der Waals surface area contributed by atoms with E-state index in [4.69, 9.17) is 4.98 Å². The van der Waals surface area contributed by atoms with Gasteiger partial charge in [0.25, 0.3) is 0 Å². The van der Waals surface area contributed by atoms with E-state index in [0.717, 1.165) is 37.3 Å². The van der Waals surface area contributed by atoms with Crippen molar-refractivity contribution in [3.63, 3.8) is 0 Å². The fourth-order valence-corrected chi connectivity index (χ4v) is 2.60. The third-order valence-corrected chi connectivity index (χ3v) is 3.64. The van der Waals surface area contributed by atoms with Crippen molar-refractivity contribution in [3.8, 4) is 0 Å². The Bertz CT molecular complexity index is 519. The number of benzene rings is 1. The summed E-state index contributed by atoms with van der Waals surface area (Å²) in [5.74, 6) is 1.52. The maximum Gasteiger partial charge on any atom is 0.109 e. The second kappa shape index (κ2) is 4.94. The third kappa shape index (κ3) is 2.31. The van der Waals surface area contributed by atoms with Crippen LogP contribution in [0, 0.1) is 5.92 Å². The summed E-state index contributed by atoms with van der Waals surface area (Å²) in [5, 5.41) is 9.22. The number of aliphatic hydroxyl groups excluding tert-OH is 1. The van der Waals surface area contributed by atoms with Gasteiger partial charge in [-0.1, -0.05) is 30.3 Å². The first-order valence-corrected chi connectivity index (χ1v) is 6.55. The molecule has 0 fully saturated rings. The number of fused-ring (bicyclic) bond motifs is 1. The van der Waals surface area contributed by atoms with Gasteiger partial charge in [0, 0.05) is 32.2 Å². The molecule has 0 radical (unpaired) electrons. The molecule has 0 saturated carbocycles. The third-order valence-electron chi connectivity index (χ3n) is 3.64. The van der Waals surface area contributed by atoms with Crippen molar-refractivity contribution >= 4 is 0 Å². The van der Waals surface area contributed by atoms with Crippen molar-refractivity contribution in [3.05, 3.63) is 53.6 Å². The van der Waals surface area contributed by atoms with Crippen LogP contribution in [0.1, 0.15) is 23.5 Å². The van der Waals surface area contributed by atoms with Crippen LogP contribution in [-0.2, 0) is 19.4 Å². The molecular weight excluding hydrogens is 224 g/mol. The molecule has 0 aliphatic carbocycles. The molecule has 1 atom stereocenters. The Hall–Kier alpha value is -1.61. The van der Waals surface area contributed by atoms with Gasteiger partial charge in [-0.25, -0.2) is 4.98 Å². The lowest BCUT2D eigenvalue weighted by molar-refractivity contribution is 0.199. The monoisotopic (exact) mass is 242 g/mol. The molecule has 1 aromatic carbocycles. The molecule has 1 aliphatic rings. The van der Waals surface area contributed by atoms with E-state index in [-0.39, 0.29) is 6.61 Å². The van der Waals surface area contributed by atoms with E-state index in [1.54, 1.807) is 0 Å². The van der Waals surface area contributed by atoms with E-state index in [1.807, 2.05) is 6.07 Å². The lowest BCUT2D eigenvalue weighted by atomic mass is 9.99. The standard InChI is InChI=1S/C15H18N2O/c18-11-13-6-7-17-10-14(16-15(17)9-13)8-12-4-2-1-3-5-12/h1-5,10,13,18H,6-9,11H2. The zero-order valence-electron chi connectivity index (χ0n) is 10.4. The zero-order chi connectivity index (χ0) is 12.4. The highest BCUT2D eigenvalue weighted by atomic mass is 16.3. The van der Waals surface area contributed by atoms with Crippen LogP contribution in [0.2, 0.25) is 0 Å². The minimum Gasteiger partial charge on any atom is -0.396 e. The van der Waals surface area contributed by atoms with Crippen LogP contribution in [0.4, 0.5) is 0 Å². The Morgan fingerprint density at radius 1 is 1.28 bits per heavy atom. The van der Waals surface area contributed by atoms with Gasteiger partial charge in [-0.3, -0.25) is 0 Å². The van der Waals surface area contributed by atoms with Crippen LogP contribution in [0.5, 0.6) is 0 Å². The molecule has 1 aliphatic heterocycles. The average Bonchev–Trinajstić information content (AvgIpc) is 2.80. The van der Waals surface area contributed by atoms with Gasteiger partial charge >= 0.3 is 0 Å². The van der Waals surface area contributed by atoms with Crippen molar-refractivity contribution in [2.24, 2.45) is 5.92 Å². The molecule has 0 saturated heterocycles. The number of hydrogen-bond donors (Lipinski definition) is 1. The number of imidazole rings is 1. The van der Waals surface area contributed by atoms with Crippen LogP contribution >= 0.6 is 0 Å². The molecule has 18 heavy (non-hydrogen) atoms. The van der Waals surface area contributed by atoms with Gasteiger partial charge in [-0.05, 0) is 17.9 Å². The largest absolute Gasteiger partial charge is 0.396 e. The number of aryl methyl sites for hydroxylation is 1. The molecule has 2 aromatic rings. The first-order valence-electron chi connectivity index (χ1n) is 6.55. The minimum absolute atomic E-state index is 0.279. The molecular formula is C15H18N2O. The number of hydrogen-bond acceptors (Lipinski definition) is 2. The summed E-state index contributed by atoms with van der Waals surface area (Å²) in [4.78, 5) is 4.70. The van der Waals surface area contributed by atoms with E-state index >= 15 is 0 Å².